The Hall–Kier alpha value is -3.09. The lowest BCUT2D eigenvalue weighted by Crippen LogP contribution is -2.59. The van der Waals surface area contributed by atoms with Crippen LogP contribution in [-0.2, 0) is 10.0 Å². The monoisotopic (exact) mass is 543 g/mol. The highest BCUT2D eigenvalue weighted by atomic mass is 32.2. The minimum Gasteiger partial charge on any atom is -0.390 e. The molecule has 4 heterocycles. The maximum Gasteiger partial charge on any atom is 0.227 e. The average Bonchev–Trinajstić information content (AvgIpc) is 2.84. The number of piperidine rings is 1. The predicted octanol–water partition coefficient (Wildman–Crippen LogP) is 2.88. The summed E-state index contributed by atoms with van der Waals surface area (Å²) in [7, 11) is -1.61. The van der Waals surface area contributed by atoms with Crippen LogP contribution in [-0.4, -0.2) is 90.6 Å². The molecule has 0 aliphatic carbocycles. The van der Waals surface area contributed by atoms with Crippen molar-refractivity contribution in [1.29, 1.82) is 0 Å². The number of nitrogens with zero attached hydrogens (tertiary/aromatic N) is 6. The third-order valence-corrected chi connectivity index (χ3v) is 8.81. The first-order chi connectivity index (χ1) is 18.0. The van der Waals surface area contributed by atoms with Crippen LogP contribution in [0.15, 0.2) is 36.7 Å². The highest BCUT2D eigenvalue weighted by Crippen LogP contribution is 2.36. The predicted molar refractivity (Wildman–Crippen MR) is 147 cm³/mol. The number of halogens is 1. The van der Waals surface area contributed by atoms with Crippen molar-refractivity contribution >= 4 is 44.1 Å². The van der Waals surface area contributed by atoms with Crippen LogP contribution in [0, 0.1) is 0 Å². The Balaban J connectivity index is 1.39. The summed E-state index contributed by atoms with van der Waals surface area (Å²) in [4.78, 5) is 17.4. The van der Waals surface area contributed by atoms with E-state index >= 15 is 0 Å². The van der Waals surface area contributed by atoms with E-state index < -0.39 is 22.3 Å². The second-order valence-corrected chi connectivity index (χ2v) is 12.5. The Morgan fingerprint density at radius 2 is 1.87 bits per heavy atom. The van der Waals surface area contributed by atoms with Gasteiger partial charge in [0, 0.05) is 50.1 Å². The fourth-order valence-electron chi connectivity index (χ4n) is 5.02. The number of anilines is 4. The van der Waals surface area contributed by atoms with E-state index in [-0.39, 0.29) is 18.5 Å². The van der Waals surface area contributed by atoms with Gasteiger partial charge in [-0.05, 0) is 41.5 Å². The molecule has 204 valence electrons. The normalized spacial score (nSPS) is 20.8. The number of benzene rings is 1. The number of likely N-dealkylation sites (N-methyl/N-ethyl adjacent to an activating group) is 1. The van der Waals surface area contributed by atoms with E-state index in [1.807, 2.05) is 12.3 Å². The summed E-state index contributed by atoms with van der Waals surface area (Å²) in [6.45, 7) is 6.07. The molecule has 2 atom stereocenters. The quantitative estimate of drug-likeness (QED) is 0.464. The molecular weight excluding hydrogens is 509 g/mol. The Bertz CT molecular complexity index is 1430. The standard InChI is InChI=1S/C26H34FN7O3S/c1-16(2)18-5-6-22(34-13-17(14-34)32(3)38(4,36)37)20-12-29-25(11-19(18)20)30-24-7-9-28-26(31-24)33-10-8-23(35)21(27)15-33/h5-7,9,11-12,16-17,21,23,35H,8,10,13-15H2,1-4H3,(H,28,29,30,31)/t21-,23+/m1/s1. The van der Waals surface area contributed by atoms with Gasteiger partial charge in [-0.15, -0.1) is 0 Å². The van der Waals surface area contributed by atoms with Crippen LogP contribution in [0.4, 0.5) is 27.7 Å². The van der Waals surface area contributed by atoms with Crippen LogP contribution in [0.25, 0.3) is 10.8 Å². The fraction of sp³-hybridized carbons (Fsp3) is 0.500. The minimum absolute atomic E-state index is 0.0523. The van der Waals surface area contributed by atoms with Crippen LogP contribution in [0.5, 0.6) is 0 Å². The van der Waals surface area contributed by atoms with Crippen LogP contribution < -0.4 is 15.1 Å². The second kappa shape index (κ2) is 10.2. The number of sulfonamides is 1. The molecule has 2 saturated heterocycles. The van der Waals surface area contributed by atoms with Crippen LogP contribution in [0.3, 0.4) is 0 Å². The number of rotatable bonds is 7. The lowest BCUT2D eigenvalue weighted by molar-refractivity contribution is 0.0612. The molecule has 0 saturated carbocycles. The molecule has 10 nitrogen and oxygen atoms in total. The smallest absolute Gasteiger partial charge is 0.227 e. The van der Waals surface area contributed by atoms with Crippen LogP contribution in [0.2, 0.25) is 0 Å². The Labute approximate surface area is 222 Å². The average molecular weight is 544 g/mol. The number of fused-ring (bicyclic) bond motifs is 1. The van der Waals surface area contributed by atoms with Crippen LogP contribution in [0.1, 0.15) is 31.7 Å². The van der Waals surface area contributed by atoms with Gasteiger partial charge in [0.2, 0.25) is 16.0 Å². The van der Waals surface area contributed by atoms with Crippen molar-refractivity contribution in [3.63, 3.8) is 0 Å². The van der Waals surface area contributed by atoms with E-state index in [1.165, 1.54) is 16.1 Å². The number of hydrogen-bond donors (Lipinski definition) is 2. The van der Waals surface area contributed by atoms with E-state index in [1.54, 1.807) is 24.2 Å². The summed E-state index contributed by atoms with van der Waals surface area (Å²) in [5.41, 5.74) is 2.21. The summed E-state index contributed by atoms with van der Waals surface area (Å²) < 4.78 is 39.3. The molecule has 5 rings (SSSR count). The molecule has 2 aliphatic heterocycles. The van der Waals surface area contributed by atoms with E-state index in [4.69, 9.17) is 0 Å². The van der Waals surface area contributed by atoms with Gasteiger partial charge in [0.15, 0.2) is 0 Å². The second-order valence-electron chi connectivity index (χ2n) is 10.5. The number of aliphatic hydroxyl groups is 1. The van der Waals surface area contributed by atoms with Crippen molar-refractivity contribution in [3.8, 4) is 0 Å². The minimum atomic E-state index is -3.24. The first-order valence-corrected chi connectivity index (χ1v) is 14.6. The maximum atomic E-state index is 14.0. The Kier molecular flexibility index (Phi) is 7.14. The van der Waals surface area contributed by atoms with E-state index in [0.717, 1.165) is 16.5 Å². The molecule has 1 aromatic carbocycles. The zero-order chi connectivity index (χ0) is 27.2. The van der Waals surface area contributed by atoms with Crippen molar-refractivity contribution < 1.29 is 17.9 Å². The number of hydrogen-bond acceptors (Lipinski definition) is 9. The molecule has 0 amide bonds. The Morgan fingerprint density at radius 3 is 2.55 bits per heavy atom. The number of alkyl halides is 1. The van der Waals surface area contributed by atoms with Crippen LogP contribution >= 0.6 is 0 Å². The van der Waals surface area contributed by atoms with Crippen molar-refractivity contribution in [3.05, 3.63) is 42.2 Å². The first kappa shape index (κ1) is 26.5. The molecule has 2 aromatic heterocycles. The number of nitrogens with one attached hydrogen (secondary N) is 1. The molecule has 0 spiro atoms. The van der Waals surface area contributed by atoms with E-state index in [0.29, 0.717) is 43.6 Å². The summed E-state index contributed by atoms with van der Waals surface area (Å²) in [6.07, 6.45) is 2.75. The molecule has 0 bridgehead atoms. The van der Waals surface area contributed by atoms with Crippen molar-refractivity contribution in [1.82, 2.24) is 19.3 Å². The topological polar surface area (TPSA) is 115 Å². The molecule has 2 N–H and O–H groups in total. The zero-order valence-electron chi connectivity index (χ0n) is 22.0. The van der Waals surface area contributed by atoms with Gasteiger partial charge < -0.3 is 20.2 Å². The SMILES string of the molecule is CC(C)c1ccc(N2CC(N(C)S(C)(=O)=O)C2)c2cnc(Nc3ccnc(N4CC[C@H](O)[C@H](F)C4)n3)cc12. The third-order valence-electron chi connectivity index (χ3n) is 7.46. The van der Waals surface area contributed by atoms with Crippen molar-refractivity contribution in [2.75, 3.05) is 54.6 Å². The molecule has 3 aromatic rings. The molecular formula is C26H34FN7O3S. The van der Waals surface area contributed by atoms with Crippen molar-refractivity contribution in [2.24, 2.45) is 0 Å². The molecule has 38 heavy (non-hydrogen) atoms. The first-order valence-electron chi connectivity index (χ1n) is 12.8. The zero-order valence-corrected chi connectivity index (χ0v) is 22.9. The number of aromatic nitrogens is 3. The van der Waals surface area contributed by atoms with E-state index in [9.17, 15) is 17.9 Å². The van der Waals surface area contributed by atoms with E-state index in [2.05, 4.69) is 51.1 Å². The fourth-order valence-corrected chi connectivity index (χ4v) is 5.70. The molecule has 2 fully saturated rings. The highest BCUT2D eigenvalue weighted by molar-refractivity contribution is 7.88. The van der Waals surface area contributed by atoms with Crippen molar-refractivity contribution in [2.45, 2.75) is 44.5 Å². The largest absolute Gasteiger partial charge is 0.390 e. The van der Waals surface area contributed by atoms with Gasteiger partial charge in [-0.1, -0.05) is 19.9 Å². The van der Waals surface area contributed by atoms with Gasteiger partial charge in [0.25, 0.3) is 0 Å². The van der Waals surface area contributed by atoms with Gasteiger partial charge in [-0.25, -0.2) is 22.8 Å². The summed E-state index contributed by atoms with van der Waals surface area (Å²) in [5, 5.41) is 15.0. The highest BCUT2D eigenvalue weighted by Gasteiger charge is 2.35. The summed E-state index contributed by atoms with van der Waals surface area (Å²) >= 11 is 0. The molecule has 2 aliphatic rings. The molecule has 0 radical (unpaired) electrons. The van der Waals surface area contributed by atoms with Gasteiger partial charge >= 0.3 is 0 Å². The molecule has 0 unspecified atom stereocenters. The maximum absolute atomic E-state index is 14.0. The number of pyridine rings is 1. The Morgan fingerprint density at radius 1 is 1.11 bits per heavy atom. The number of aliphatic hydroxyl groups excluding tert-OH is 1. The molecule has 12 heteroatoms. The lowest BCUT2D eigenvalue weighted by Gasteiger charge is -2.44. The van der Waals surface area contributed by atoms with Gasteiger partial charge in [-0.2, -0.15) is 9.29 Å². The van der Waals surface area contributed by atoms with Gasteiger partial charge in [0.05, 0.1) is 24.9 Å². The third kappa shape index (κ3) is 5.25. The summed E-state index contributed by atoms with van der Waals surface area (Å²) in [5.74, 6) is 1.86. The van der Waals surface area contributed by atoms with Gasteiger partial charge in [-0.3, -0.25) is 0 Å². The lowest BCUT2D eigenvalue weighted by atomic mass is 9.94. The van der Waals surface area contributed by atoms with Gasteiger partial charge in [0.1, 0.15) is 17.8 Å². The summed E-state index contributed by atoms with van der Waals surface area (Å²) in [6, 6.07) is 7.90.